The Bertz CT molecular complexity index is 1450. The first-order valence-corrected chi connectivity index (χ1v) is 11.0. The van der Waals surface area contributed by atoms with Crippen LogP contribution in [0.1, 0.15) is 11.1 Å². The summed E-state index contributed by atoms with van der Waals surface area (Å²) in [6.45, 7) is 1.71. The van der Waals surface area contributed by atoms with Crippen LogP contribution in [0.3, 0.4) is 0 Å². The van der Waals surface area contributed by atoms with Crippen molar-refractivity contribution in [2.24, 2.45) is 5.14 Å². The fraction of sp³-hybridized carbons (Fsp3) is 0.150. The molecule has 0 bridgehead atoms. The number of H-pyrrole nitrogens is 1. The number of nitrogens with one attached hydrogen (secondary N) is 2. The maximum atomic E-state index is 13.3. The molecule has 0 saturated heterocycles. The van der Waals surface area contributed by atoms with Gasteiger partial charge in [0.05, 0.1) is 16.0 Å². The number of aromatic nitrogens is 4. The molecular formula is C20H18F3N7O2S. The lowest BCUT2D eigenvalue weighted by atomic mass is 10.1. The molecule has 0 radical (unpaired) electrons. The van der Waals surface area contributed by atoms with Crippen molar-refractivity contribution in [2.75, 3.05) is 17.3 Å². The van der Waals surface area contributed by atoms with Crippen LogP contribution in [0, 0.1) is 6.92 Å². The summed E-state index contributed by atoms with van der Waals surface area (Å²) in [6, 6.07) is 9.85. The molecule has 13 heteroatoms. The molecule has 0 amide bonds. The van der Waals surface area contributed by atoms with E-state index >= 15 is 0 Å². The van der Waals surface area contributed by atoms with E-state index in [4.69, 9.17) is 5.14 Å². The van der Waals surface area contributed by atoms with Crippen LogP contribution in [0.2, 0.25) is 0 Å². The van der Waals surface area contributed by atoms with Crippen LogP contribution in [0.4, 0.5) is 36.4 Å². The van der Waals surface area contributed by atoms with Crippen molar-refractivity contribution in [2.45, 2.75) is 18.0 Å². The standard InChI is InChI=1S/C20H18F3N7O2S/c1-11-8-12(10-13(9-11)33(24,31)32)26-19-25-7-6-16(27-19)30(2)18-14-4-3-5-15(20(21,22)23)17(14)28-29-18/h3-10H,1-2H3,(H,28,29)(H2,24,31,32)(H,25,26,27). The van der Waals surface area contributed by atoms with E-state index < -0.39 is 21.8 Å². The number of aromatic amines is 1. The molecule has 0 aliphatic rings. The molecule has 33 heavy (non-hydrogen) atoms. The molecule has 0 aliphatic heterocycles. The summed E-state index contributed by atoms with van der Waals surface area (Å²) < 4.78 is 63.3. The predicted octanol–water partition coefficient (Wildman–Crippen LogP) is 3.84. The number of sulfonamides is 1. The number of anilines is 4. The molecular weight excluding hydrogens is 459 g/mol. The molecule has 2 aromatic heterocycles. The molecule has 0 aliphatic carbocycles. The average molecular weight is 477 g/mol. The number of hydrogen-bond acceptors (Lipinski definition) is 7. The van der Waals surface area contributed by atoms with Crippen molar-refractivity contribution in [3.63, 3.8) is 0 Å². The number of hydrogen-bond donors (Lipinski definition) is 3. The van der Waals surface area contributed by atoms with E-state index in [-0.39, 0.29) is 27.6 Å². The van der Waals surface area contributed by atoms with Crippen molar-refractivity contribution < 1.29 is 21.6 Å². The highest BCUT2D eigenvalue weighted by atomic mass is 32.2. The monoisotopic (exact) mass is 477 g/mol. The minimum Gasteiger partial charge on any atom is -0.324 e. The Labute approximate surface area is 186 Å². The van der Waals surface area contributed by atoms with Gasteiger partial charge < -0.3 is 10.2 Å². The minimum absolute atomic E-state index is 0.0678. The van der Waals surface area contributed by atoms with Gasteiger partial charge in [-0.3, -0.25) is 5.10 Å². The number of primary sulfonamides is 1. The Morgan fingerprint density at radius 2 is 1.91 bits per heavy atom. The highest BCUT2D eigenvalue weighted by molar-refractivity contribution is 7.89. The third-order valence-corrected chi connectivity index (χ3v) is 5.71. The predicted molar refractivity (Wildman–Crippen MR) is 117 cm³/mol. The molecule has 4 N–H and O–H groups in total. The van der Waals surface area contributed by atoms with E-state index in [9.17, 15) is 21.6 Å². The van der Waals surface area contributed by atoms with Gasteiger partial charge in [0, 0.05) is 24.3 Å². The zero-order chi connectivity index (χ0) is 24.0. The van der Waals surface area contributed by atoms with Crippen LogP contribution < -0.4 is 15.4 Å². The first-order valence-electron chi connectivity index (χ1n) is 9.46. The third kappa shape index (κ3) is 4.59. The Morgan fingerprint density at radius 3 is 2.61 bits per heavy atom. The minimum atomic E-state index is -4.53. The molecule has 9 nitrogen and oxygen atoms in total. The topological polar surface area (TPSA) is 130 Å². The maximum Gasteiger partial charge on any atom is 0.418 e. The van der Waals surface area contributed by atoms with E-state index in [1.54, 1.807) is 26.1 Å². The molecule has 2 heterocycles. The van der Waals surface area contributed by atoms with E-state index in [1.165, 1.54) is 35.4 Å². The van der Waals surface area contributed by atoms with Gasteiger partial charge in [0.1, 0.15) is 5.82 Å². The highest BCUT2D eigenvalue weighted by Crippen LogP contribution is 2.37. The van der Waals surface area contributed by atoms with Crippen LogP contribution in [0.5, 0.6) is 0 Å². The third-order valence-electron chi connectivity index (χ3n) is 4.82. The molecule has 0 atom stereocenters. The number of halogens is 3. The normalized spacial score (nSPS) is 12.2. The lowest BCUT2D eigenvalue weighted by Crippen LogP contribution is -2.14. The van der Waals surface area contributed by atoms with Crippen LogP contribution in [-0.4, -0.2) is 35.6 Å². The lowest BCUT2D eigenvalue weighted by Gasteiger charge is -2.17. The Morgan fingerprint density at radius 1 is 1.15 bits per heavy atom. The molecule has 4 rings (SSSR count). The molecule has 0 spiro atoms. The van der Waals surface area contributed by atoms with Gasteiger partial charge in [-0.2, -0.15) is 23.3 Å². The quantitative estimate of drug-likeness (QED) is 0.398. The van der Waals surface area contributed by atoms with E-state index in [0.717, 1.165) is 6.07 Å². The summed E-state index contributed by atoms with van der Waals surface area (Å²) in [4.78, 5) is 9.94. The van der Waals surface area contributed by atoms with Crippen LogP contribution >= 0.6 is 0 Å². The van der Waals surface area contributed by atoms with Gasteiger partial charge in [-0.15, -0.1) is 0 Å². The highest BCUT2D eigenvalue weighted by Gasteiger charge is 2.34. The SMILES string of the molecule is Cc1cc(Nc2nccc(N(C)c3n[nH]c4c(C(F)(F)F)cccc34)n2)cc(S(N)(=O)=O)c1. The van der Waals surface area contributed by atoms with Crippen molar-refractivity contribution >= 4 is 44.2 Å². The average Bonchev–Trinajstić information content (AvgIpc) is 3.15. The molecule has 0 unspecified atom stereocenters. The van der Waals surface area contributed by atoms with E-state index in [1.807, 2.05) is 0 Å². The van der Waals surface area contributed by atoms with Gasteiger partial charge in [0.2, 0.25) is 16.0 Å². The number of rotatable bonds is 5. The second kappa shape index (κ2) is 8.01. The Balaban J connectivity index is 1.67. The summed E-state index contributed by atoms with van der Waals surface area (Å²) in [5.74, 6) is 0.728. The zero-order valence-corrected chi connectivity index (χ0v) is 18.2. The number of benzene rings is 2. The molecule has 172 valence electrons. The fourth-order valence-electron chi connectivity index (χ4n) is 3.34. The van der Waals surface area contributed by atoms with Crippen molar-refractivity contribution in [1.29, 1.82) is 0 Å². The first-order chi connectivity index (χ1) is 15.4. The molecule has 2 aromatic carbocycles. The van der Waals surface area contributed by atoms with Gasteiger partial charge in [0.25, 0.3) is 0 Å². The number of aryl methyl sites for hydroxylation is 1. The van der Waals surface area contributed by atoms with Gasteiger partial charge in [-0.25, -0.2) is 18.5 Å². The lowest BCUT2D eigenvalue weighted by molar-refractivity contribution is -0.136. The van der Waals surface area contributed by atoms with Crippen LogP contribution in [-0.2, 0) is 16.2 Å². The summed E-state index contributed by atoms with van der Waals surface area (Å²) >= 11 is 0. The van der Waals surface area contributed by atoms with E-state index in [0.29, 0.717) is 17.1 Å². The fourth-order valence-corrected chi connectivity index (χ4v) is 3.98. The largest absolute Gasteiger partial charge is 0.418 e. The molecule has 4 aromatic rings. The van der Waals surface area contributed by atoms with Crippen LogP contribution in [0.25, 0.3) is 10.9 Å². The van der Waals surface area contributed by atoms with Crippen molar-refractivity contribution in [1.82, 2.24) is 20.2 Å². The summed E-state index contributed by atoms with van der Waals surface area (Å²) in [5, 5.41) is 14.9. The number of fused-ring (bicyclic) bond motifs is 1. The Hall–Kier alpha value is -3.71. The molecule has 0 saturated carbocycles. The van der Waals surface area contributed by atoms with Crippen molar-refractivity contribution in [3.8, 4) is 0 Å². The molecule has 0 fully saturated rings. The number of nitrogens with two attached hydrogens (primary N) is 1. The summed E-state index contributed by atoms with van der Waals surface area (Å²) in [7, 11) is -2.30. The number of alkyl halides is 3. The zero-order valence-electron chi connectivity index (χ0n) is 17.3. The smallest absolute Gasteiger partial charge is 0.324 e. The van der Waals surface area contributed by atoms with Crippen molar-refractivity contribution in [3.05, 3.63) is 59.8 Å². The second-order valence-electron chi connectivity index (χ2n) is 7.28. The second-order valence-corrected chi connectivity index (χ2v) is 8.84. The van der Waals surface area contributed by atoms with Gasteiger partial charge in [0.15, 0.2) is 5.82 Å². The Kier molecular flexibility index (Phi) is 5.46. The van der Waals surface area contributed by atoms with Gasteiger partial charge in [-0.1, -0.05) is 6.07 Å². The maximum absolute atomic E-state index is 13.3. The van der Waals surface area contributed by atoms with Crippen LogP contribution in [0.15, 0.2) is 53.6 Å². The number of nitrogens with zero attached hydrogens (tertiary/aromatic N) is 4. The van der Waals surface area contributed by atoms with Gasteiger partial charge >= 0.3 is 6.18 Å². The first kappa shape index (κ1) is 22.5. The summed E-state index contributed by atoms with van der Waals surface area (Å²) in [6.07, 6.45) is -3.08. The van der Waals surface area contributed by atoms with E-state index in [2.05, 4.69) is 25.5 Å². The number of para-hydroxylation sites is 1. The van der Waals surface area contributed by atoms with Gasteiger partial charge in [-0.05, 0) is 48.9 Å². The summed E-state index contributed by atoms with van der Waals surface area (Å²) in [5.41, 5.74) is 0.108.